The molecule has 0 aliphatic carbocycles. The molecule has 0 atom stereocenters. The number of benzene rings is 3. The van der Waals surface area contributed by atoms with Crippen LogP contribution in [0.25, 0.3) is 10.9 Å². The van der Waals surface area contributed by atoms with Crippen molar-refractivity contribution in [2.75, 3.05) is 16.4 Å². The minimum Gasteiger partial charge on any atom is -0.382 e. The average Bonchev–Trinajstić information content (AvgIpc) is 3.13. The molecule has 1 aromatic heterocycles. The number of aromatic amines is 1. The van der Waals surface area contributed by atoms with Gasteiger partial charge >= 0.3 is 12.2 Å². The standard InChI is InChI=1S/C23H16F3N5O/c24-23(25,26)16-6-3-8-18(13-16)29-22(32)28-17-7-1-4-14(12-17)10-11-15-5-2-9-19-20(15)21(27)31-30-19/h1-9,12-13H,(H3,27,30,31)(H2,28,29,32). The fourth-order valence-electron chi connectivity index (χ4n) is 3.08. The van der Waals surface area contributed by atoms with Gasteiger partial charge in [0.15, 0.2) is 5.82 Å². The third-order valence-electron chi connectivity index (χ3n) is 4.53. The molecule has 2 amide bonds. The van der Waals surface area contributed by atoms with E-state index in [0.717, 1.165) is 23.0 Å². The van der Waals surface area contributed by atoms with Gasteiger partial charge in [0.1, 0.15) is 0 Å². The van der Waals surface area contributed by atoms with Gasteiger partial charge in [0.2, 0.25) is 0 Å². The van der Waals surface area contributed by atoms with Gasteiger partial charge in [-0.3, -0.25) is 5.10 Å². The molecule has 6 nitrogen and oxygen atoms in total. The lowest BCUT2D eigenvalue weighted by molar-refractivity contribution is -0.137. The Kier molecular flexibility index (Phi) is 5.43. The minimum absolute atomic E-state index is 0.0269. The maximum absolute atomic E-state index is 12.8. The first-order chi connectivity index (χ1) is 15.3. The number of nitrogens with zero attached hydrogens (tertiary/aromatic N) is 1. The van der Waals surface area contributed by atoms with Gasteiger partial charge in [0.25, 0.3) is 0 Å². The summed E-state index contributed by atoms with van der Waals surface area (Å²) >= 11 is 0. The number of nitrogens with two attached hydrogens (primary N) is 1. The molecule has 0 saturated carbocycles. The van der Waals surface area contributed by atoms with Gasteiger partial charge in [-0.25, -0.2) is 4.79 Å². The molecule has 160 valence electrons. The molecule has 32 heavy (non-hydrogen) atoms. The first kappa shape index (κ1) is 20.8. The molecule has 0 bridgehead atoms. The number of anilines is 3. The Hall–Kier alpha value is -4.45. The third-order valence-corrected chi connectivity index (χ3v) is 4.53. The summed E-state index contributed by atoms with van der Waals surface area (Å²) in [6.07, 6.45) is -4.49. The second kappa shape index (κ2) is 8.35. The van der Waals surface area contributed by atoms with Gasteiger partial charge in [0.05, 0.1) is 16.5 Å². The average molecular weight is 435 g/mol. The maximum atomic E-state index is 12.8. The van der Waals surface area contributed by atoms with Crippen molar-refractivity contribution in [3.05, 3.63) is 83.4 Å². The fraction of sp³-hybridized carbons (Fsp3) is 0.0435. The highest BCUT2D eigenvalue weighted by atomic mass is 19.4. The Labute approximate surface area is 180 Å². The van der Waals surface area contributed by atoms with E-state index in [0.29, 0.717) is 22.6 Å². The number of urea groups is 1. The first-order valence-corrected chi connectivity index (χ1v) is 9.39. The van der Waals surface area contributed by atoms with Crippen molar-refractivity contribution < 1.29 is 18.0 Å². The number of alkyl halides is 3. The van der Waals surface area contributed by atoms with E-state index >= 15 is 0 Å². The normalized spacial score (nSPS) is 11.0. The van der Waals surface area contributed by atoms with Crippen LogP contribution < -0.4 is 16.4 Å². The van der Waals surface area contributed by atoms with Crippen molar-refractivity contribution in [2.24, 2.45) is 0 Å². The molecule has 0 unspecified atom stereocenters. The molecular formula is C23H16F3N5O. The van der Waals surface area contributed by atoms with Crippen molar-refractivity contribution in [3.8, 4) is 11.8 Å². The zero-order chi connectivity index (χ0) is 22.7. The number of fused-ring (bicyclic) bond motifs is 1. The van der Waals surface area contributed by atoms with Crippen LogP contribution in [-0.4, -0.2) is 16.2 Å². The van der Waals surface area contributed by atoms with E-state index in [9.17, 15) is 18.0 Å². The van der Waals surface area contributed by atoms with Crippen LogP contribution in [0.1, 0.15) is 16.7 Å². The van der Waals surface area contributed by atoms with Crippen LogP contribution >= 0.6 is 0 Å². The Morgan fingerprint density at radius 1 is 0.938 bits per heavy atom. The van der Waals surface area contributed by atoms with E-state index in [2.05, 4.69) is 32.7 Å². The molecule has 0 fully saturated rings. The van der Waals surface area contributed by atoms with Crippen LogP contribution in [0.15, 0.2) is 66.7 Å². The van der Waals surface area contributed by atoms with Crippen molar-refractivity contribution >= 4 is 34.1 Å². The van der Waals surface area contributed by atoms with Gasteiger partial charge in [-0.2, -0.15) is 18.3 Å². The number of carbonyl (C=O) groups excluding carboxylic acids is 1. The molecule has 0 aliphatic heterocycles. The minimum atomic E-state index is -4.49. The predicted molar refractivity (Wildman–Crippen MR) is 117 cm³/mol. The van der Waals surface area contributed by atoms with Crippen molar-refractivity contribution in [1.82, 2.24) is 10.2 Å². The number of halogens is 3. The summed E-state index contributed by atoms with van der Waals surface area (Å²) < 4.78 is 38.5. The topological polar surface area (TPSA) is 95.8 Å². The Balaban J connectivity index is 1.49. The smallest absolute Gasteiger partial charge is 0.382 e. The van der Waals surface area contributed by atoms with Crippen LogP contribution in [0.4, 0.5) is 35.2 Å². The lowest BCUT2D eigenvalue weighted by Crippen LogP contribution is -2.19. The number of H-pyrrole nitrogens is 1. The molecule has 0 saturated heterocycles. The van der Waals surface area contributed by atoms with Crippen LogP contribution in [0.2, 0.25) is 0 Å². The second-order valence-corrected chi connectivity index (χ2v) is 6.83. The van der Waals surface area contributed by atoms with Crippen molar-refractivity contribution in [1.29, 1.82) is 0 Å². The van der Waals surface area contributed by atoms with E-state index in [1.807, 2.05) is 18.2 Å². The molecule has 0 spiro atoms. The summed E-state index contributed by atoms with van der Waals surface area (Å²) in [4.78, 5) is 12.2. The highest BCUT2D eigenvalue weighted by Crippen LogP contribution is 2.30. The zero-order valence-electron chi connectivity index (χ0n) is 16.4. The molecule has 0 aliphatic rings. The second-order valence-electron chi connectivity index (χ2n) is 6.83. The number of rotatable bonds is 2. The first-order valence-electron chi connectivity index (χ1n) is 9.39. The zero-order valence-corrected chi connectivity index (χ0v) is 16.4. The Bertz CT molecular complexity index is 1370. The van der Waals surface area contributed by atoms with Gasteiger partial charge in [0, 0.05) is 22.5 Å². The Morgan fingerprint density at radius 2 is 1.62 bits per heavy atom. The molecule has 3 aromatic carbocycles. The summed E-state index contributed by atoms with van der Waals surface area (Å²) in [7, 11) is 0. The molecule has 4 rings (SSSR count). The maximum Gasteiger partial charge on any atom is 0.416 e. The van der Waals surface area contributed by atoms with E-state index in [4.69, 9.17) is 5.73 Å². The number of nitrogens with one attached hydrogen (secondary N) is 3. The summed E-state index contributed by atoms with van der Waals surface area (Å²) in [6.45, 7) is 0. The molecule has 0 radical (unpaired) electrons. The number of amides is 2. The SMILES string of the molecule is Nc1n[nH]c2cccc(C#Cc3cccc(NC(=O)Nc4cccc(C(F)(F)F)c4)c3)c12. The third kappa shape index (κ3) is 4.65. The lowest BCUT2D eigenvalue weighted by Gasteiger charge is -2.11. The number of carbonyl (C=O) groups is 1. The number of nitrogen functional groups attached to an aromatic ring is 1. The van der Waals surface area contributed by atoms with Crippen LogP contribution in [0, 0.1) is 11.8 Å². The lowest BCUT2D eigenvalue weighted by atomic mass is 10.1. The molecule has 5 N–H and O–H groups in total. The largest absolute Gasteiger partial charge is 0.416 e. The Morgan fingerprint density at radius 3 is 2.38 bits per heavy atom. The number of hydrogen-bond acceptors (Lipinski definition) is 3. The van der Waals surface area contributed by atoms with Gasteiger partial charge in [-0.05, 0) is 48.5 Å². The monoisotopic (exact) mass is 435 g/mol. The van der Waals surface area contributed by atoms with E-state index in [1.165, 1.54) is 12.1 Å². The highest BCUT2D eigenvalue weighted by Gasteiger charge is 2.30. The predicted octanol–water partition coefficient (Wildman–Crippen LogP) is 5.21. The number of aromatic nitrogens is 2. The summed E-state index contributed by atoms with van der Waals surface area (Å²) in [5.74, 6) is 6.41. The van der Waals surface area contributed by atoms with Crippen molar-refractivity contribution in [3.63, 3.8) is 0 Å². The quantitative estimate of drug-likeness (QED) is 0.326. The van der Waals surface area contributed by atoms with E-state index in [-0.39, 0.29) is 5.69 Å². The number of hydrogen-bond donors (Lipinski definition) is 4. The molecule has 4 aromatic rings. The van der Waals surface area contributed by atoms with Gasteiger partial charge in [-0.1, -0.05) is 30.0 Å². The van der Waals surface area contributed by atoms with Crippen molar-refractivity contribution in [2.45, 2.75) is 6.18 Å². The van der Waals surface area contributed by atoms with Gasteiger partial charge in [-0.15, -0.1) is 0 Å². The van der Waals surface area contributed by atoms with E-state index < -0.39 is 17.8 Å². The van der Waals surface area contributed by atoms with Crippen LogP contribution in [-0.2, 0) is 6.18 Å². The highest BCUT2D eigenvalue weighted by molar-refractivity contribution is 6.00. The van der Waals surface area contributed by atoms with Gasteiger partial charge < -0.3 is 16.4 Å². The summed E-state index contributed by atoms with van der Waals surface area (Å²) in [6, 6.07) is 16.0. The summed E-state index contributed by atoms with van der Waals surface area (Å²) in [5, 5.41) is 12.5. The summed E-state index contributed by atoms with van der Waals surface area (Å²) in [5.41, 5.74) is 7.61. The molecule has 1 heterocycles. The molecular weight excluding hydrogens is 419 g/mol. The van der Waals surface area contributed by atoms with Crippen LogP contribution in [0.3, 0.4) is 0 Å². The van der Waals surface area contributed by atoms with E-state index in [1.54, 1.807) is 24.3 Å². The molecule has 9 heteroatoms. The fourth-order valence-corrected chi connectivity index (χ4v) is 3.08. The van der Waals surface area contributed by atoms with Crippen LogP contribution in [0.5, 0.6) is 0 Å².